The number of rotatable bonds is 6. The molecule has 0 bridgehead atoms. The number of nitrogens with zero attached hydrogens (tertiary/aromatic N) is 1. The summed E-state index contributed by atoms with van der Waals surface area (Å²) in [6, 6.07) is 7.56. The highest BCUT2D eigenvalue weighted by atomic mass is 35.5. The van der Waals surface area contributed by atoms with Gasteiger partial charge in [0.05, 0.1) is 11.5 Å². The van der Waals surface area contributed by atoms with Gasteiger partial charge in [-0.15, -0.1) is 24.8 Å². The first-order valence-corrected chi connectivity index (χ1v) is 9.32. The minimum Gasteiger partial charge on any atom is -0.369 e. The van der Waals surface area contributed by atoms with Crippen LogP contribution in [0.5, 0.6) is 0 Å². The van der Waals surface area contributed by atoms with E-state index >= 15 is 0 Å². The predicted octanol–water partition coefficient (Wildman–Crippen LogP) is 1.70. The van der Waals surface area contributed by atoms with Gasteiger partial charge in [-0.1, -0.05) is 6.07 Å². The van der Waals surface area contributed by atoms with Crippen molar-refractivity contribution in [2.75, 3.05) is 48.4 Å². The highest BCUT2D eigenvalue weighted by Gasteiger charge is 2.21. The van der Waals surface area contributed by atoms with Crippen molar-refractivity contribution in [3.63, 3.8) is 0 Å². The van der Waals surface area contributed by atoms with Gasteiger partial charge in [0.2, 0.25) is 5.91 Å². The molecule has 1 fully saturated rings. The van der Waals surface area contributed by atoms with Crippen molar-refractivity contribution in [3.8, 4) is 0 Å². The molecular formula is C15H25Cl2N3O3S. The third kappa shape index (κ3) is 7.25. The molecule has 0 aliphatic carbocycles. The van der Waals surface area contributed by atoms with E-state index in [4.69, 9.17) is 0 Å². The van der Waals surface area contributed by atoms with Crippen LogP contribution in [0.1, 0.15) is 12.8 Å². The number of benzene rings is 1. The van der Waals surface area contributed by atoms with Crippen LogP contribution in [0.4, 0.5) is 11.4 Å². The lowest BCUT2D eigenvalue weighted by Crippen LogP contribution is -2.40. The van der Waals surface area contributed by atoms with Crippen LogP contribution >= 0.6 is 24.8 Å². The Morgan fingerprint density at radius 1 is 1.21 bits per heavy atom. The van der Waals surface area contributed by atoms with Crippen LogP contribution < -0.4 is 15.5 Å². The summed E-state index contributed by atoms with van der Waals surface area (Å²) >= 11 is 0. The van der Waals surface area contributed by atoms with E-state index in [1.807, 2.05) is 36.2 Å². The number of halogens is 2. The van der Waals surface area contributed by atoms with E-state index in [0.717, 1.165) is 24.3 Å². The van der Waals surface area contributed by atoms with Crippen LogP contribution in [0.15, 0.2) is 24.3 Å². The van der Waals surface area contributed by atoms with Crippen molar-refractivity contribution in [1.82, 2.24) is 5.32 Å². The Bertz CT molecular complexity index is 612. The predicted molar refractivity (Wildman–Crippen MR) is 104 cm³/mol. The van der Waals surface area contributed by atoms with Crippen molar-refractivity contribution in [1.29, 1.82) is 0 Å². The van der Waals surface area contributed by atoms with Crippen LogP contribution in [-0.2, 0) is 14.6 Å². The van der Waals surface area contributed by atoms with E-state index in [1.165, 1.54) is 0 Å². The number of carbonyl (C=O) groups excluding carboxylic acids is 1. The van der Waals surface area contributed by atoms with E-state index in [9.17, 15) is 13.2 Å². The lowest BCUT2D eigenvalue weighted by molar-refractivity contribution is -0.116. The third-order valence-corrected chi connectivity index (χ3v) is 5.28. The first kappa shape index (κ1) is 23.0. The maximum Gasteiger partial charge on any atom is 0.224 e. The molecule has 0 atom stereocenters. The highest BCUT2D eigenvalue weighted by Crippen LogP contribution is 2.21. The fraction of sp³-hybridized carbons (Fsp3) is 0.533. The average molecular weight is 398 g/mol. The summed E-state index contributed by atoms with van der Waals surface area (Å²) in [5, 5.41) is 5.89. The van der Waals surface area contributed by atoms with Crippen LogP contribution in [0.2, 0.25) is 0 Å². The Kier molecular flexibility index (Phi) is 10.3. The Morgan fingerprint density at radius 3 is 2.50 bits per heavy atom. The zero-order valence-corrected chi connectivity index (χ0v) is 16.1. The topological polar surface area (TPSA) is 78.5 Å². The summed E-state index contributed by atoms with van der Waals surface area (Å²) in [5.74, 6) is 0.370. The Labute approximate surface area is 156 Å². The Hall–Kier alpha value is -1.02. The fourth-order valence-electron chi connectivity index (χ4n) is 2.40. The summed E-state index contributed by atoms with van der Waals surface area (Å²) in [5.41, 5.74) is 1.70. The van der Waals surface area contributed by atoms with E-state index in [1.54, 1.807) is 0 Å². The number of anilines is 2. The second-order valence-corrected chi connectivity index (χ2v) is 7.75. The van der Waals surface area contributed by atoms with Gasteiger partial charge in [0.15, 0.2) is 9.84 Å². The standard InChI is InChI=1S/C15H23N3O3S.2ClH/c1-16-7-3-6-15(19)17-13-4-2-5-14(12-13)18-8-10-22(20,21)11-9-18;;/h2,4-5,12,16H,3,6-11H2,1H3,(H,17,19);2*1H. The second-order valence-electron chi connectivity index (χ2n) is 5.44. The molecule has 0 unspecified atom stereocenters. The zero-order chi connectivity index (χ0) is 16.0. The zero-order valence-electron chi connectivity index (χ0n) is 13.7. The molecular weight excluding hydrogens is 373 g/mol. The fourth-order valence-corrected chi connectivity index (χ4v) is 3.60. The largest absolute Gasteiger partial charge is 0.369 e. The summed E-state index contributed by atoms with van der Waals surface area (Å²) in [7, 11) is -1.02. The van der Waals surface area contributed by atoms with Gasteiger partial charge in [-0.05, 0) is 38.2 Å². The van der Waals surface area contributed by atoms with Crippen LogP contribution in [0.25, 0.3) is 0 Å². The maximum atomic E-state index is 11.8. The molecule has 2 rings (SSSR count). The number of amides is 1. The van der Waals surface area contributed by atoms with Crippen molar-refractivity contribution in [2.24, 2.45) is 0 Å². The molecule has 24 heavy (non-hydrogen) atoms. The molecule has 1 amide bonds. The molecule has 0 aromatic heterocycles. The van der Waals surface area contributed by atoms with Gasteiger partial charge in [0, 0.05) is 30.9 Å². The van der Waals surface area contributed by atoms with Gasteiger partial charge in [-0.3, -0.25) is 4.79 Å². The monoisotopic (exact) mass is 397 g/mol. The number of sulfone groups is 1. The molecule has 0 saturated carbocycles. The molecule has 2 N–H and O–H groups in total. The van der Waals surface area contributed by atoms with Gasteiger partial charge in [0.1, 0.15) is 0 Å². The summed E-state index contributed by atoms with van der Waals surface area (Å²) < 4.78 is 23.0. The number of nitrogens with one attached hydrogen (secondary N) is 2. The summed E-state index contributed by atoms with van der Waals surface area (Å²) in [4.78, 5) is 13.9. The summed E-state index contributed by atoms with van der Waals surface area (Å²) in [6.07, 6.45) is 1.28. The van der Waals surface area contributed by atoms with Crippen molar-refractivity contribution in [2.45, 2.75) is 12.8 Å². The smallest absolute Gasteiger partial charge is 0.224 e. The molecule has 1 aromatic rings. The highest BCUT2D eigenvalue weighted by molar-refractivity contribution is 7.91. The van der Waals surface area contributed by atoms with Crippen LogP contribution in [-0.4, -0.2) is 52.5 Å². The van der Waals surface area contributed by atoms with Gasteiger partial charge in [0.25, 0.3) is 0 Å². The van der Waals surface area contributed by atoms with Crippen LogP contribution in [0, 0.1) is 0 Å². The van der Waals surface area contributed by atoms with Gasteiger partial charge >= 0.3 is 0 Å². The van der Waals surface area contributed by atoms with E-state index < -0.39 is 9.84 Å². The molecule has 0 radical (unpaired) electrons. The SMILES string of the molecule is CNCCCC(=O)Nc1cccc(N2CCS(=O)(=O)CC2)c1.Cl.Cl. The number of hydrogen-bond acceptors (Lipinski definition) is 5. The molecule has 9 heteroatoms. The Morgan fingerprint density at radius 2 is 1.88 bits per heavy atom. The minimum atomic E-state index is -2.88. The van der Waals surface area contributed by atoms with Crippen LogP contribution in [0.3, 0.4) is 0 Å². The quantitative estimate of drug-likeness (QED) is 0.714. The number of carbonyl (C=O) groups is 1. The molecule has 1 aliphatic heterocycles. The summed E-state index contributed by atoms with van der Waals surface area (Å²) in [6.45, 7) is 1.82. The van der Waals surface area contributed by atoms with Crippen molar-refractivity contribution < 1.29 is 13.2 Å². The Balaban J connectivity index is 0.00000264. The first-order valence-electron chi connectivity index (χ1n) is 7.50. The van der Waals surface area contributed by atoms with Gasteiger partial charge in [-0.2, -0.15) is 0 Å². The molecule has 1 saturated heterocycles. The minimum absolute atomic E-state index is 0. The lowest BCUT2D eigenvalue weighted by Gasteiger charge is -2.29. The lowest BCUT2D eigenvalue weighted by atomic mass is 10.2. The number of hydrogen-bond donors (Lipinski definition) is 2. The van der Waals surface area contributed by atoms with Crippen molar-refractivity contribution in [3.05, 3.63) is 24.3 Å². The molecule has 138 valence electrons. The van der Waals surface area contributed by atoms with E-state index in [0.29, 0.717) is 19.5 Å². The maximum absolute atomic E-state index is 11.8. The normalized spacial score (nSPS) is 15.8. The molecule has 1 aliphatic rings. The van der Waals surface area contributed by atoms with Crippen molar-refractivity contribution >= 4 is 51.9 Å². The third-order valence-electron chi connectivity index (χ3n) is 3.67. The van der Waals surface area contributed by atoms with Gasteiger partial charge in [-0.25, -0.2) is 8.42 Å². The molecule has 1 heterocycles. The molecule has 1 aromatic carbocycles. The molecule has 6 nitrogen and oxygen atoms in total. The first-order chi connectivity index (χ1) is 10.5. The van der Waals surface area contributed by atoms with E-state index in [2.05, 4.69) is 10.6 Å². The van der Waals surface area contributed by atoms with E-state index in [-0.39, 0.29) is 42.2 Å². The average Bonchev–Trinajstić information content (AvgIpc) is 2.48. The second kappa shape index (κ2) is 10.8. The van der Waals surface area contributed by atoms with Gasteiger partial charge < -0.3 is 15.5 Å². The molecule has 0 spiro atoms.